The van der Waals surface area contributed by atoms with Crippen LogP contribution in [0.1, 0.15) is 38.0 Å². The van der Waals surface area contributed by atoms with E-state index in [2.05, 4.69) is 15.9 Å². The van der Waals surface area contributed by atoms with Crippen LogP contribution in [-0.4, -0.2) is 22.5 Å². The van der Waals surface area contributed by atoms with Crippen molar-refractivity contribution in [3.63, 3.8) is 0 Å². The minimum atomic E-state index is -0.500. The second-order valence-corrected chi connectivity index (χ2v) is 4.48. The Kier molecular flexibility index (Phi) is 2.71. The molecule has 0 aliphatic heterocycles. The molecule has 1 aliphatic carbocycles. The van der Waals surface area contributed by atoms with Gasteiger partial charge in [-0.1, -0.05) is 0 Å². The lowest BCUT2D eigenvalue weighted by Gasteiger charge is -2.15. The highest BCUT2D eigenvalue weighted by molar-refractivity contribution is 9.12. The molecule has 0 fully saturated rings. The first-order chi connectivity index (χ1) is 7.93. The highest BCUT2D eigenvalue weighted by Crippen LogP contribution is 2.33. The van der Waals surface area contributed by atoms with Crippen LogP contribution < -0.4 is 0 Å². The van der Waals surface area contributed by atoms with E-state index in [-0.39, 0.29) is 32.7 Å². The van der Waals surface area contributed by atoms with E-state index in [4.69, 9.17) is 0 Å². The predicted octanol–water partition coefficient (Wildman–Crippen LogP) is 2.25. The van der Waals surface area contributed by atoms with E-state index in [1.807, 2.05) is 0 Å². The van der Waals surface area contributed by atoms with Crippen molar-refractivity contribution in [3.8, 4) is 5.75 Å². The number of fused-ring (bicyclic) bond motifs is 1. The molecule has 0 saturated carbocycles. The lowest BCUT2D eigenvalue weighted by atomic mass is 9.88. The minimum absolute atomic E-state index is 0.0225. The molecule has 0 saturated heterocycles. The van der Waals surface area contributed by atoms with E-state index >= 15 is 0 Å². The van der Waals surface area contributed by atoms with Gasteiger partial charge in [0.25, 0.3) is 0 Å². The molecule has 0 heterocycles. The normalized spacial score (nSPS) is 14.4. The average molecular weight is 295 g/mol. The molecular weight excluding hydrogens is 288 g/mol. The minimum Gasteiger partial charge on any atom is -0.507 e. The third kappa shape index (κ3) is 1.72. The van der Waals surface area contributed by atoms with Gasteiger partial charge in [0.1, 0.15) is 5.75 Å². The number of carbonyl (C=O) groups is 3. The number of phenolic OH excluding ortho intramolecular Hbond substituents is 1. The Morgan fingerprint density at radius 3 is 2.47 bits per heavy atom. The van der Waals surface area contributed by atoms with Gasteiger partial charge in [0.2, 0.25) is 5.78 Å². The van der Waals surface area contributed by atoms with Crippen molar-refractivity contribution < 1.29 is 19.5 Å². The Morgan fingerprint density at radius 2 is 1.88 bits per heavy atom. The zero-order valence-corrected chi connectivity index (χ0v) is 10.4. The second kappa shape index (κ2) is 3.92. The van der Waals surface area contributed by atoms with Crippen molar-refractivity contribution in [1.82, 2.24) is 0 Å². The van der Waals surface area contributed by atoms with Crippen LogP contribution in [0.25, 0.3) is 0 Å². The van der Waals surface area contributed by atoms with Crippen LogP contribution in [0.5, 0.6) is 5.75 Å². The highest BCUT2D eigenvalue weighted by atomic mass is 79.9. The summed E-state index contributed by atoms with van der Waals surface area (Å²) in [5.41, 5.74) is 0.00942. The monoisotopic (exact) mass is 294 g/mol. The summed E-state index contributed by atoms with van der Waals surface area (Å²) in [6.07, 6.45) is 1.11. The summed E-state index contributed by atoms with van der Waals surface area (Å²) in [6, 6.07) is 2.58. The van der Waals surface area contributed by atoms with Crippen LogP contribution in [0.15, 0.2) is 22.7 Å². The first-order valence-electron chi connectivity index (χ1n) is 4.76. The molecule has 4 nitrogen and oxygen atoms in total. The van der Waals surface area contributed by atoms with Crippen molar-refractivity contribution in [2.75, 3.05) is 0 Å². The quantitative estimate of drug-likeness (QED) is 0.807. The number of halogens is 1. The molecule has 86 valence electrons. The molecule has 0 unspecified atom stereocenters. The summed E-state index contributed by atoms with van der Waals surface area (Å²) in [6.45, 7) is 1.30. The Balaban J connectivity index is 2.85. The van der Waals surface area contributed by atoms with Gasteiger partial charge in [-0.2, -0.15) is 0 Å². The molecule has 0 amide bonds. The fourth-order valence-electron chi connectivity index (χ4n) is 1.74. The number of carbonyl (C=O) groups excluding carboxylic acids is 3. The average Bonchev–Trinajstić information content (AvgIpc) is 2.25. The number of phenols is 1. The molecular formula is C12H7BrO4. The largest absolute Gasteiger partial charge is 0.507 e. The summed E-state index contributed by atoms with van der Waals surface area (Å²) < 4.78 is 0.0750. The fourth-order valence-corrected chi connectivity index (χ4v) is 2.15. The SMILES string of the molecule is CC(=O)c1ccc(O)c2c1C(=O)C=C(Br)C2=O. The summed E-state index contributed by atoms with van der Waals surface area (Å²) in [5.74, 6) is -1.59. The van der Waals surface area contributed by atoms with Gasteiger partial charge in [0.05, 0.1) is 10.0 Å². The maximum Gasteiger partial charge on any atom is 0.204 e. The number of aromatic hydroxyl groups is 1. The van der Waals surface area contributed by atoms with Crippen molar-refractivity contribution in [3.05, 3.63) is 39.4 Å². The van der Waals surface area contributed by atoms with E-state index in [0.29, 0.717) is 0 Å². The Morgan fingerprint density at radius 1 is 1.24 bits per heavy atom. The number of hydrogen-bond donors (Lipinski definition) is 1. The number of allylic oxidation sites excluding steroid dienone is 2. The van der Waals surface area contributed by atoms with Crippen molar-refractivity contribution in [2.45, 2.75) is 6.92 Å². The molecule has 0 aromatic heterocycles. The van der Waals surface area contributed by atoms with E-state index in [1.165, 1.54) is 19.1 Å². The molecule has 2 rings (SSSR count). The molecule has 0 radical (unpaired) electrons. The Labute approximate surface area is 105 Å². The molecule has 0 spiro atoms. The smallest absolute Gasteiger partial charge is 0.204 e. The standard InChI is InChI=1S/C12H7BrO4/c1-5(14)6-2-3-8(15)11-10(6)9(16)4-7(13)12(11)17/h2-4,15H,1H3. The summed E-state index contributed by atoms with van der Waals surface area (Å²) >= 11 is 2.95. The van der Waals surface area contributed by atoms with Gasteiger partial charge in [0, 0.05) is 17.2 Å². The van der Waals surface area contributed by atoms with Gasteiger partial charge >= 0.3 is 0 Å². The van der Waals surface area contributed by atoms with Gasteiger partial charge in [-0.15, -0.1) is 0 Å². The van der Waals surface area contributed by atoms with Gasteiger partial charge in [-0.3, -0.25) is 14.4 Å². The first kappa shape index (κ1) is 11.7. The van der Waals surface area contributed by atoms with Crippen LogP contribution >= 0.6 is 15.9 Å². The Bertz CT molecular complexity index is 599. The molecule has 5 heteroatoms. The summed E-state index contributed by atoms with van der Waals surface area (Å²) in [7, 11) is 0. The molecule has 0 atom stereocenters. The number of Topliss-reactive ketones (excluding diaryl/α,β-unsaturated/α-hetero) is 2. The van der Waals surface area contributed by atoms with E-state index in [0.717, 1.165) is 6.08 Å². The zero-order chi connectivity index (χ0) is 12.7. The van der Waals surface area contributed by atoms with Crippen LogP contribution in [0, 0.1) is 0 Å². The number of rotatable bonds is 1. The molecule has 1 aromatic rings. The molecule has 17 heavy (non-hydrogen) atoms. The predicted molar refractivity (Wildman–Crippen MR) is 63.8 cm³/mol. The van der Waals surface area contributed by atoms with Crippen molar-refractivity contribution in [2.24, 2.45) is 0 Å². The topological polar surface area (TPSA) is 71.4 Å². The number of ketones is 3. The van der Waals surface area contributed by atoms with Crippen molar-refractivity contribution in [1.29, 1.82) is 0 Å². The summed E-state index contributed by atoms with van der Waals surface area (Å²) in [4.78, 5) is 35.0. The highest BCUT2D eigenvalue weighted by Gasteiger charge is 2.30. The van der Waals surface area contributed by atoms with E-state index in [9.17, 15) is 19.5 Å². The molecule has 1 aliphatic rings. The van der Waals surface area contributed by atoms with Crippen LogP contribution in [0.3, 0.4) is 0 Å². The second-order valence-electron chi connectivity index (χ2n) is 3.62. The first-order valence-corrected chi connectivity index (χ1v) is 5.56. The van der Waals surface area contributed by atoms with Crippen LogP contribution in [-0.2, 0) is 0 Å². The van der Waals surface area contributed by atoms with Gasteiger partial charge in [0.15, 0.2) is 11.6 Å². The zero-order valence-electron chi connectivity index (χ0n) is 8.78. The van der Waals surface area contributed by atoms with Gasteiger partial charge in [-0.05, 0) is 35.0 Å². The van der Waals surface area contributed by atoms with Crippen LogP contribution in [0.4, 0.5) is 0 Å². The lowest BCUT2D eigenvalue weighted by molar-refractivity contribution is 0.0975. The lowest BCUT2D eigenvalue weighted by Crippen LogP contribution is -2.18. The molecule has 0 bridgehead atoms. The third-order valence-electron chi connectivity index (χ3n) is 2.51. The van der Waals surface area contributed by atoms with Crippen LogP contribution in [0.2, 0.25) is 0 Å². The fraction of sp³-hybridized carbons (Fsp3) is 0.0833. The molecule has 1 aromatic carbocycles. The maximum atomic E-state index is 11.8. The Hall–Kier alpha value is -1.75. The maximum absolute atomic E-state index is 11.8. The van der Waals surface area contributed by atoms with E-state index in [1.54, 1.807) is 0 Å². The van der Waals surface area contributed by atoms with Gasteiger partial charge < -0.3 is 5.11 Å². The summed E-state index contributed by atoms with van der Waals surface area (Å²) in [5, 5.41) is 9.64. The number of hydrogen-bond acceptors (Lipinski definition) is 4. The third-order valence-corrected chi connectivity index (χ3v) is 3.10. The van der Waals surface area contributed by atoms with E-state index < -0.39 is 11.6 Å². The van der Waals surface area contributed by atoms with Crippen molar-refractivity contribution >= 4 is 33.3 Å². The van der Waals surface area contributed by atoms with Gasteiger partial charge in [-0.25, -0.2) is 0 Å². The molecule has 1 N–H and O–H groups in total. The number of benzene rings is 1.